The molecule has 0 amide bonds. The monoisotopic (exact) mass is 607 g/mol. The Kier molecular flexibility index (Phi) is 10.7. The Labute approximate surface area is 261 Å². The summed E-state index contributed by atoms with van der Waals surface area (Å²) in [7, 11) is -2.83. The van der Waals surface area contributed by atoms with Crippen molar-refractivity contribution in [2.45, 2.75) is 63.4 Å². The van der Waals surface area contributed by atoms with Crippen LogP contribution >= 0.6 is 0 Å². The van der Waals surface area contributed by atoms with Crippen molar-refractivity contribution in [3.63, 3.8) is 0 Å². The van der Waals surface area contributed by atoms with E-state index in [1.54, 1.807) is 0 Å². The fourth-order valence-electron chi connectivity index (χ4n) is 6.06. The largest absolute Gasteiger partial charge is 0.405 e. The number of benzene rings is 4. The smallest absolute Gasteiger partial charge is 0.261 e. The maximum absolute atomic E-state index is 9.42. The molecule has 1 heterocycles. The van der Waals surface area contributed by atoms with E-state index in [0.29, 0.717) is 19.8 Å². The van der Waals surface area contributed by atoms with Gasteiger partial charge < -0.3 is 18.6 Å². The van der Waals surface area contributed by atoms with Gasteiger partial charge in [-0.15, -0.1) is 0 Å². The Morgan fingerprint density at radius 2 is 1.18 bits per heavy atom. The quantitative estimate of drug-likeness (QED) is 0.0766. The maximum atomic E-state index is 9.42. The van der Waals surface area contributed by atoms with Crippen molar-refractivity contribution in [2.24, 2.45) is 5.11 Å². The van der Waals surface area contributed by atoms with E-state index in [4.69, 9.17) is 18.6 Å². The number of nitrogens with zero attached hydrogens (tertiary/aromatic N) is 3. The SMILES string of the molecule is CC(C)(C)[Si](OC[C@H]1OC[C@H](N=[N+]=[N-])[C@@H](OCc2ccccc2)[C@@H]1OCc1ccccc1)(c1ccccc1)c1ccccc1. The molecule has 1 saturated heterocycles. The molecule has 4 aromatic carbocycles. The van der Waals surface area contributed by atoms with Gasteiger partial charge in [0.1, 0.15) is 12.2 Å². The third-order valence-electron chi connectivity index (χ3n) is 8.20. The number of hydrogen-bond acceptors (Lipinski definition) is 5. The average molecular weight is 608 g/mol. The summed E-state index contributed by atoms with van der Waals surface area (Å²) < 4.78 is 26.8. The standard InChI is InChI=1S/C36H41N3O4Si/c1-36(2,3)44(30-20-12-6-13-21-30,31-22-14-7-15-23-31)43-27-33-35(42-25-29-18-10-5-11-19-29)34(32(26-40-33)38-39-37)41-24-28-16-8-4-9-17-28/h4-23,32-35H,24-27H2,1-3H3/t32-,33+,34+,35+/m0/s1. The highest BCUT2D eigenvalue weighted by molar-refractivity contribution is 6.99. The molecular weight excluding hydrogens is 566 g/mol. The number of rotatable bonds is 12. The van der Waals surface area contributed by atoms with Crippen LogP contribution in [0.1, 0.15) is 31.9 Å². The van der Waals surface area contributed by atoms with Gasteiger partial charge in [0.05, 0.1) is 38.6 Å². The highest BCUT2D eigenvalue weighted by atomic mass is 28.4. The van der Waals surface area contributed by atoms with Crippen molar-refractivity contribution in [1.29, 1.82) is 0 Å². The van der Waals surface area contributed by atoms with Crippen LogP contribution in [0.5, 0.6) is 0 Å². The second kappa shape index (κ2) is 14.8. The molecule has 0 N–H and O–H groups in total. The zero-order chi connectivity index (χ0) is 30.8. The molecule has 7 nitrogen and oxygen atoms in total. The first kappa shape index (κ1) is 31.7. The lowest BCUT2D eigenvalue weighted by molar-refractivity contribution is -0.198. The second-order valence-corrected chi connectivity index (χ2v) is 16.4. The fourth-order valence-corrected chi connectivity index (χ4v) is 10.6. The van der Waals surface area contributed by atoms with Crippen molar-refractivity contribution in [3.8, 4) is 0 Å². The van der Waals surface area contributed by atoms with Crippen molar-refractivity contribution < 1.29 is 18.6 Å². The van der Waals surface area contributed by atoms with Crippen molar-refractivity contribution >= 4 is 18.7 Å². The van der Waals surface area contributed by atoms with E-state index in [9.17, 15) is 5.53 Å². The molecule has 1 aliphatic heterocycles. The molecule has 1 fully saturated rings. The Balaban J connectivity index is 1.49. The molecule has 0 aromatic heterocycles. The normalized spacial score (nSPS) is 20.5. The first-order valence-corrected chi connectivity index (χ1v) is 17.0. The summed E-state index contributed by atoms with van der Waals surface area (Å²) in [5.74, 6) is 0. The number of ether oxygens (including phenoxy) is 3. The van der Waals surface area contributed by atoms with Gasteiger partial charge in [-0.2, -0.15) is 0 Å². The van der Waals surface area contributed by atoms with E-state index in [1.165, 1.54) is 10.4 Å². The van der Waals surface area contributed by atoms with E-state index < -0.39 is 32.7 Å². The van der Waals surface area contributed by atoms with E-state index in [1.807, 2.05) is 72.8 Å². The third-order valence-corrected chi connectivity index (χ3v) is 13.2. The lowest BCUT2D eigenvalue weighted by Gasteiger charge is -2.46. The topological polar surface area (TPSA) is 85.7 Å². The summed E-state index contributed by atoms with van der Waals surface area (Å²) in [6, 6.07) is 40.6. The zero-order valence-corrected chi connectivity index (χ0v) is 26.7. The molecule has 5 rings (SSSR count). The van der Waals surface area contributed by atoms with Crippen molar-refractivity contribution in [3.05, 3.63) is 143 Å². The molecule has 8 heteroatoms. The first-order chi connectivity index (χ1) is 21.4. The minimum Gasteiger partial charge on any atom is -0.405 e. The molecule has 228 valence electrons. The van der Waals surface area contributed by atoms with E-state index >= 15 is 0 Å². The minimum absolute atomic E-state index is 0.193. The Bertz CT molecular complexity index is 1440. The summed E-state index contributed by atoms with van der Waals surface area (Å²) in [5, 5.41) is 6.27. The number of azide groups is 1. The van der Waals surface area contributed by atoms with Crippen LogP contribution < -0.4 is 10.4 Å². The predicted molar refractivity (Wildman–Crippen MR) is 176 cm³/mol. The molecule has 0 unspecified atom stereocenters. The van der Waals surface area contributed by atoms with E-state index in [0.717, 1.165) is 11.1 Å². The fraction of sp³-hybridized carbons (Fsp3) is 0.333. The molecule has 44 heavy (non-hydrogen) atoms. The van der Waals surface area contributed by atoms with Gasteiger partial charge >= 0.3 is 0 Å². The molecule has 1 aliphatic rings. The molecule has 0 aliphatic carbocycles. The molecule has 4 aromatic rings. The van der Waals surface area contributed by atoms with Crippen LogP contribution in [0.3, 0.4) is 0 Å². The third kappa shape index (κ3) is 7.30. The summed E-state index contributed by atoms with van der Waals surface area (Å²) in [5.41, 5.74) is 11.5. The van der Waals surface area contributed by atoms with Gasteiger partial charge in [0.2, 0.25) is 0 Å². The highest BCUT2D eigenvalue weighted by Gasteiger charge is 2.51. The van der Waals surface area contributed by atoms with Gasteiger partial charge in [0, 0.05) is 4.91 Å². The van der Waals surface area contributed by atoms with E-state index in [-0.39, 0.29) is 11.6 Å². The van der Waals surface area contributed by atoms with Gasteiger partial charge in [-0.05, 0) is 32.1 Å². The highest BCUT2D eigenvalue weighted by Crippen LogP contribution is 2.37. The predicted octanol–water partition coefficient (Wildman–Crippen LogP) is 6.81. The van der Waals surface area contributed by atoms with Gasteiger partial charge in [-0.25, -0.2) is 0 Å². The lowest BCUT2D eigenvalue weighted by atomic mass is 9.98. The molecular formula is C36H41N3O4Si. The summed E-state index contributed by atoms with van der Waals surface area (Å²) in [4.78, 5) is 3.12. The second-order valence-electron chi connectivity index (χ2n) is 12.1. The Hall–Kier alpha value is -3.75. The maximum Gasteiger partial charge on any atom is 0.261 e. The van der Waals surface area contributed by atoms with Crippen LogP contribution in [-0.4, -0.2) is 45.9 Å². The summed E-state index contributed by atoms with van der Waals surface area (Å²) in [6.45, 7) is 7.99. The summed E-state index contributed by atoms with van der Waals surface area (Å²) >= 11 is 0. The lowest BCUT2D eigenvalue weighted by Crippen LogP contribution is -2.68. The van der Waals surface area contributed by atoms with Crippen molar-refractivity contribution in [1.82, 2.24) is 0 Å². The molecule has 4 atom stereocenters. The van der Waals surface area contributed by atoms with Crippen LogP contribution in [0.15, 0.2) is 126 Å². The molecule has 0 spiro atoms. The molecule has 0 bridgehead atoms. The molecule has 0 saturated carbocycles. The van der Waals surface area contributed by atoms with Crippen molar-refractivity contribution in [2.75, 3.05) is 13.2 Å². The van der Waals surface area contributed by atoms with Gasteiger partial charge in [-0.1, -0.05) is 147 Å². The number of hydrogen-bond donors (Lipinski definition) is 0. The zero-order valence-electron chi connectivity index (χ0n) is 25.7. The van der Waals surface area contributed by atoms with Crippen LogP contribution in [0.25, 0.3) is 10.4 Å². The van der Waals surface area contributed by atoms with Crippen LogP contribution in [0, 0.1) is 0 Å². The minimum atomic E-state index is -2.83. The van der Waals surface area contributed by atoms with Crippen LogP contribution in [0.2, 0.25) is 5.04 Å². The van der Waals surface area contributed by atoms with Crippen LogP contribution in [-0.2, 0) is 31.9 Å². The van der Waals surface area contributed by atoms with Gasteiger partial charge in [-0.3, -0.25) is 0 Å². The summed E-state index contributed by atoms with van der Waals surface area (Å²) in [6.07, 6.45) is -1.52. The van der Waals surface area contributed by atoms with Gasteiger partial charge in [0.25, 0.3) is 8.32 Å². The molecule has 0 radical (unpaired) electrons. The first-order valence-electron chi connectivity index (χ1n) is 15.1. The Morgan fingerprint density at radius 1 is 0.727 bits per heavy atom. The van der Waals surface area contributed by atoms with E-state index in [2.05, 4.69) is 79.3 Å². The Morgan fingerprint density at radius 3 is 1.64 bits per heavy atom. The average Bonchev–Trinajstić information content (AvgIpc) is 3.05. The van der Waals surface area contributed by atoms with Crippen LogP contribution in [0.4, 0.5) is 0 Å². The van der Waals surface area contributed by atoms with Gasteiger partial charge in [0.15, 0.2) is 0 Å².